The third-order valence-electron chi connectivity index (χ3n) is 4.13. The van der Waals surface area contributed by atoms with E-state index in [-0.39, 0.29) is 23.8 Å². The fourth-order valence-corrected chi connectivity index (χ4v) is 3.73. The second-order valence-corrected chi connectivity index (χ2v) is 7.74. The number of anilines is 1. The summed E-state index contributed by atoms with van der Waals surface area (Å²) in [7, 11) is -1.91. The van der Waals surface area contributed by atoms with Crippen LogP contribution in [0.5, 0.6) is 5.75 Å². The molecular formula is C18H20N2O4S. The number of nitrogens with zero attached hydrogens (tertiary/aromatic N) is 1. The van der Waals surface area contributed by atoms with E-state index in [2.05, 4.69) is 4.72 Å². The molecule has 1 heterocycles. The first-order chi connectivity index (χ1) is 11.9. The second-order valence-electron chi connectivity index (χ2n) is 5.97. The van der Waals surface area contributed by atoms with Crippen LogP contribution in [0.1, 0.15) is 12.0 Å². The van der Waals surface area contributed by atoms with Gasteiger partial charge in [-0.15, -0.1) is 0 Å². The van der Waals surface area contributed by atoms with Crippen LogP contribution in [0.2, 0.25) is 0 Å². The van der Waals surface area contributed by atoms with Gasteiger partial charge >= 0.3 is 0 Å². The summed E-state index contributed by atoms with van der Waals surface area (Å²) in [6, 6.07) is 13.9. The van der Waals surface area contributed by atoms with Gasteiger partial charge in [-0.05, 0) is 31.2 Å². The van der Waals surface area contributed by atoms with E-state index in [4.69, 9.17) is 4.74 Å². The highest BCUT2D eigenvalue weighted by Gasteiger charge is 2.31. The molecule has 0 radical (unpaired) electrons. The summed E-state index contributed by atoms with van der Waals surface area (Å²) in [5, 5.41) is 0. The highest BCUT2D eigenvalue weighted by atomic mass is 32.2. The normalized spacial score (nSPS) is 17.1. The lowest BCUT2D eigenvalue weighted by atomic mass is 10.1. The van der Waals surface area contributed by atoms with Crippen LogP contribution in [0.25, 0.3) is 0 Å². The maximum absolute atomic E-state index is 12.4. The van der Waals surface area contributed by atoms with Crippen LogP contribution in [0, 0.1) is 6.92 Å². The highest BCUT2D eigenvalue weighted by Crippen LogP contribution is 2.33. The van der Waals surface area contributed by atoms with Gasteiger partial charge in [-0.1, -0.05) is 29.8 Å². The lowest BCUT2D eigenvalue weighted by Crippen LogP contribution is -2.45. The Labute approximate surface area is 147 Å². The average molecular weight is 360 g/mol. The molecule has 1 amide bonds. The van der Waals surface area contributed by atoms with Crippen molar-refractivity contribution >= 4 is 21.6 Å². The van der Waals surface area contributed by atoms with Gasteiger partial charge in [0.2, 0.25) is 10.0 Å². The molecule has 0 saturated heterocycles. The van der Waals surface area contributed by atoms with Crippen molar-refractivity contribution in [3.8, 4) is 5.75 Å². The van der Waals surface area contributed by atoms with Gasteiger partial charge in [-0.2, -0.15) is 0 Å². The minimum absolute atomic E-state index is 0.114. The Morgan fingerprint density at radius 1 is 1.12 bits per heavy atom. The molecule has 6 nitrogen and oxygen atoms in total. The summed E-state index contributed by atoms with van der Waals surface area (Å²) in [5.41, 5.74) is 1.70. The van der Waals surface area contributed by atoms with E-state index in [1.807, 2.05) is 25.1 Å². The number of benzene rings is 2. The number of carbonyl (C=O) groups excluding carboxylic acids is 1. The maximum Gasteiger partial charge on any atom is 0.267 e. The summed E-state index contributed by atoms with van der Waals surface area (Å²) in [4.78, 5) is 14.1. The first-order valence-electron chi connectivity index (χ1n) is 7.98. The van der Waals surface area contributed by atoms with Crippen LogP contribution < -0.4 is 14.4 Å². The first kappa shape index (κ1) is 17.4. The summed E-state index contributed by atoms with van der Waals surface area (Å²) < 4.78 is 32.8. The van der Waals surface area contributed by atoms with Gasteiger partial charge < -0.3 is 9.64 Å². The molecule has 1 N–H and O–H groups in total. The summed E-state index contributed by atoms with van der Waals surface area (Å²) in [5.74, 6) is 0.434. The predicted octanol–water partition coefficient (Wildman–Crippen LogP) is 2.09. The molecule has 132 valence electrons. The molecule has 7 heteroatoms. The number of likely N-dealkylation sites (N-methyl/N-ethyl adjacent to an activating group) is 1. The number of amides is 1. The monoisotopic (exact) mass is 360 g/mol. The first-order valence-corrected chi connectivity index (χ1v) is 9.46. The molecule has 0 saturated carbocycles. The molecule has 1 atom stereocenters. The number of ether oxygens (including phenoxy) is 1. The van der Waals surface area contributed by atoms with Gasteiger partial charge in [0.1, 0.15) is 5.75 Å². The number of fused-ring (bicyclic) bond motifs is 1. The molecule has 1 unspecified atom stereocenters. The van der Waals surface area contributed by atoms with Crippen LogP contribution in [0.4, 0.5) is 5.69 Å². The molecule has 2 aromatic rings. The van der Waals surface area contributed by atoms with E-state index in [0.717, 1.165) is 5.56 Å². The van der Waals surface area contributed by atoms with E-state index in [9.17, 15) is 13.2 Å². The number of sulfonamides is 1. The lowest BCUT2D eigenvalue weighted by molar-refractivity contribution is -0.126. The van der Waals surface area contributed by atoms with Crippen LogP contribution >= 0.6 is 0 Å². The molecular weight excluding hydrogens is 340 g/mol. The van der Waals surface area contributed by atoms with Crippen molar-refractivity contribution in [1.82, 2.24) is 4.72 Å². The van der Waals surface area contributed by atoms with E-state index in [1.165, 1.54) is 4.90 Å². The van der Waals surface area contributed by atoms with Gasteiger partial charge in [-0.25, -0.2) is 13.1 Å². The molecule has 25 heavy (non-hydrogen) atoms. The van der Waals surface area contributed by atoms with Crippen LogP contribution in [0.15, 0.2) is 53.4 Å². The molecule has 0 spiro atoms. The zero-order valence-corrected chi connectivity index (χ0v) is 14.9. The van der Waals surface area contributed by atoms with Gasteiger partial charge in [0.05, 0.1) is 10.6 Å². The fraction of sp³-hybridized carbons (Fsp3) is 0.278. The van der Waals surface area contributed by atoms with Crippen LogP contribution in [-0.2, 0) is 14.8 Å². The van der Waals surface area contributed by atoms with Crippen molar-refractivity contribution < 1.29 is 17.9 Å². The van der Waals surface area contributed by atoms with Crippen LogP contribution in [0.3, 0.4) is 0 Å². The van der Waals surface area contributed by atoms with Crippen molar-refractivity contribution in [3.05, 3.63) is 54.1 Å². The number of hydrogen-bond donors (Lipinski definition) is 1. The van der Waals surface area contributed by atoms with E-state index in [0.29, 0.717) is 11.4 Å². The standard InChI is InChI=1S/C18H20N2O4S/c1-13-7-9-14(10-8-13)25(22,23)19-12-11-17-18(21)20(2)15-5-3-4-6-16(15)24-17/h3-10,17,19H,11-12H2,1-2H3. The van der Waals surface area contributed by atoms with Gasteiger partial charge in [0.15, 0.2) is 6.10 Å². The number of aryl methyl sites for hydroxylation is 1. The zero-order valence-electron chi connectivity index (χ0n) is 14.1. The summed E-state index contributed by atoms with van der Waals surface area (Å²) in [6.07, 6.45) is -0.455. The Morgan fingerprint density at radius 2 is 1.80 bits per heavy atom. The lowest BCUT2D eigenvalue weighted by Gasteiger charge is -2.31. The number of rotatable bonds is 5. The minimum atomic E-state index is -3.60. The van der Waals surface area contributed by atoms with Gasteiger partial charge in [0, 0.05) is 20.0 Å². The largest absolute Gasteiger partial charge is 0.478 e. The molecule has 0 aromatic heterocycles. The minimum Gasteiger partial charge on any atom is -0.478 e. The smallest absolute Gasteiger partial charge is 0.267 e. The van der Waals surface area contributed by atoms with Crippen molar-refractivity contribution in [3.63, 3.8) is 0 Å². The SMILES string of the molecule is Cc1ccc(S(=O)(=O)NCCC2Oc3ccccc3N(C)C2=O)cc1. The Balaban J connectivity index is 1.64. The number of para-hydroxylation sites is 2. The van der Waals surface area contributed by atoms with Crippen molar-refractivity contribution in [2.75, 3.05) is 18.5 Å². The third-order valence-corrected chi connectivity index (χ3v) is 5.61. The molecule has 0 fully saturated rings. The molecule has 3 rings (SSSR count). The Morgan fingerprint density at radius 3 is 2.52 bits per heavy atom. The molecule has 0 aliphatic carbocycles. The van der Waals surface area contributed by atoms with Gasteiger partial charge in [0.25, 0.3) is 5.91 Å². The number of carbonyl (C=O) groups is 1. The Bertz CT molecular complexity index is 878. The Hall–Kier alpha value is -2.38. The third kappa shape index (κ3) is 3.67. The quantitative estimate of drug-likeness (QED) is 0.886. The highest BCUT2D eigenvalue weighted by molar-refractivity contribution is 7.89. The van der Waals surface area contributed by atoms with E-state index >= 15 is 0 Å². The van der Waals surface area contributed by atoms with Crippen LogP contribution in [-0.4, -0.2) is 34.0 Å². The maximum atomic E-state index is 12.4. The van der Waals surface area contributed by atoms with Crippen molar-refractivity contribution in [1.29, 1.82) is 0 Å². The predicted molar refractivity (Wildman–Crippen MR) is 95.3 cm³/mol. The molecule has 1 aliphatic heterocycles. The zero-order chi connectivity index (χ0) is 18.0. The average Bonchev–Trinajstić information content (AvgIpc) is 2.59. The molecule has 1 aliphatic rings. The van der Waals surface area contributed by atoms with E-state index in [1.54, 1.807) is 37.4 Å². The molecule has 2 aromatic carbocycles. The summed E-state index contributed by atoms with van der Waals surface area (Å²) in [6.45, 7) is 2.01. The van der Waals surface area contributed by atoms with Gasteiger partial charge in [-0.3, -0.25) is 4.79 Å². The topological polar surface area (TPSA) is 75.7 Å². The van der Waals surface area contributed by atoms with Crippen molar-refractivity contribution in [2.45, 2.75) is 24.3 Å². The van der Waals surface area contributed by atoms with Crippen molar-refractivity contribution in [2.24, 2.45) is 0 Å². The second kappa shape index (κ2) is 6.85. The fourth-order valence-electron chi connectivity index (χ4n) is 2.68. The number of hydrogen-bond acceptors (Lipinski definition) is 4. The number of nitrogens with one attached hydrogen (secondary N) is 1. The van der Waals surface area contributed by atoms with E-state index < -0.39 is 16.1 Å². The summed E-state index contributed by atoms with van der Waals surface area (Å²) >= 11 is 0. The Kier molecular flexibility index (Phi) is 4.78. The molecule has 0 bridgehead atoms.